The van der Waals surface area contributed by atoms with E-state index >= 15 is 0 Å². The molecule has 0 unspecified atom stereocenters. The zero-order valence-electron chi connectivity index (χ0n) is 13.8. The fourth-order valence-electron chi connectivity index (χ4n) is 2.97. The Kier molecular flexibility index (Phi) is 5.95. The van der Waals surface area contributed by atoms with Gasteiger partial charge in [0.15, 0.2) is 12.4 Å². The third-order valence-electron chi connectivity index (χ3n) is 4.50. The summed E-state index contributed by atoms with van der Waals surface area (Å²) in [6.45, 7) is 1.37. The van der Waals surface area contributed by atoms with Crippen molar-refractivity contribution in [1.29, 1.82) is 0 Å². The van der Waals surface area contributed by atoms with Gasteiger partial charge in [0.05, 0.1) is 5.41 Å². The number of rotatable bonds is 7. The number of amides is 1. The third kappa shape index (κ3) is 4.57. The van der Waals surface area contributed by atoms with Crippen molar-refractivity contribution < 1.29 is 24.2 Å². The van der Waals surface area contributed by atoms with Gasteiger partial charge in [0, 0.05) is 12.1 Å². The van der Waals surface area contributed by atoms with Crippen LogP contribution in [-0.2, 0) is 9.59 Å². The van der Waals surface area contributed by atoms with Gasteiger partial charge in [0.1, 0.15) is 5.75 Å². The zero-order chi connectivity index (χ0) is 17.6. The molecule has 6 nitrogen and oxygen atoms in total. The molecule has 130 valence electrons. The molecule has 0 atom stereocenters. The SMILES string of the molecule is CC(=O)c1cccc(OCC(=O)NCC2(C(=O)O)CCCCC2)c1. The fraction of sp³-hybridized carbons (Fsp3) is 0.500. The molecule has 0 saturated heterocycles. The normalized spacial score (nSPS) is 16.2. The van der Waals surface area contributed by atoms with Gasteiger partial charge >= 0.3 is 5.97 Å². The third-order valence-corrected chi connectivity index (χ3v) is 4.50. The Morgan fingerprint density at radius 1 is 1.21 bits per heavy atom. The minimum absolute atomic E-state index is 0.0781. The number of hydrogen-bond donors (Lipinski definition) is 2. The molecule has 1 fully saturated rings. The maximum atomic E-state index is 11.9. The second kappa shape index (κ2) is 7.95. The van der Waals surface area contributed by atoms with E-state index < -0.39 is 11.4 Å². The van der Waals surface area contributed by atoms with Crippen molar-refractivity contribution in [2.24, 2.45) is 5.41 Å². The lowest BCUT2D eigenvalue weighted by Crippen LogP contribution is -2.45. The predicted octanol–water partition coefficient (Wildman–Crippen LogP) is 2.42. The van der Waals surface area contributed by atoms with E-state index in [0.29, 0.717) is 24.2 Å². The largest absolute Gasteiger partial charge is 0.484 e. The van der Waals surface area contributed by atoms with Gasteiger partial charge < -0.3 is 15.2 Å². The van der Waals surface area contributed by atoms with Crippen molar-refractivity contribution in [3.05, 3.63) is 29.8 Å². The second-order valence-electron chi connectivity index (χ2n) is 6.30. The molecule has 0 radical (unpaired) electrons. The first-order valence-electron chi connectivity index (χ1n) is 8.17. The molecule has 0 heterocycles. The molecule has 1 aromatic rings. The van der Waals surface area contributed by atoms with Crippen molar-refractivity contribution in [3.8, 4) is 5.75 Å². The molecule has 1 aromatic carbocycles. The summed E-state index contributed by atoms with van der Waals surface area (Å²) < 4.78 is 5.38. The van der Waals surface area contributed by atoms with E-state index in [2.05, 4.69) is 5.32 Å². The van der Waals surface area contributed by atoms with Gasteiger partial charge in [0.25, 0.3) is 5.91 Å². The van der Waals surface area contributed by atoms with E-state index in [1.807, 2.05) is 0 Å². The second-order valence-corrected chi connectivity index (χ2v) is 6.30. The van der Waals surface area contributed by atoms with E-state index in [0.717, 1.165) is 19.3 Å². The number of aliphatic carboxylic acids is 1. The lowest BCUT2D eigenvalue weighted by molar-refractivity contribution is -0.151. The van der Waals surface area contributed by atoms with E-state index in [1.54, 1.807) is 24.3 Å². The first-order valence-corrected chi connectivity index (χ1v) is 8.17. The summed E-state index contributed by atoms with van der Waals surface area (Å²) >= 11 is 0. The van der Waals surface area contributed by atoms with Crippen LogP contribution >= 0.6 is 0 Å². The Bertz CT molecular complexity index is 620. The molecule has 0 aliphatic heterocycles. The molecular weight excluding hydrogens is 310 g/mol. The molecule has 1 amide bonds. The highest BCUT2D eigenvalue weighted by Crippen LogP contribution is 2.35. The van der Waals surface area contributed by atoms with Crippen molar-refractivity contribution in [2.45, 2.75) is 39.0 Å². The summed E-state index contributed by atoms with van der Waals surface area (Å²) in [5, 5.41) is 12.1. The maximum Gasteiger partial charge on any atom is 0.311 e. The van der Waals surface area contributed by atoms with E-state index in [9.17, 15) is 19.5 Å². The van der Waals surface area contributed by atoms with Crippen molar-refractivity contribution in [1.82, 2.24) is 5.32 Å². The Hall–Kier alpha value is -2.37. The highest BCUT2D eigenvalue weighted by Gasteiger charge is 2.39. The molecule has 0 aromatic heterocycles. The van der Waals surface area contributed by atoms with Crippen LogP contribution in [0, 0.1) is 5.41 Å². The molecular formula is C18H23NO5. The molecule has 0 spiro atoms. The summed E-state index contributed by atoms with van der Waals surface area (Å²) in [4.78, 5) is 34.8. The van der Waals surface area contributed by atoms with Crippen LogP contribution in [0.2, 0.25) is 0 Å². The van der Waals surface area contributed by atoms with E-state index in [1.165, 1.54) is 6.92 Å². The van der Waals surface area contributed by atoms with Gasteiger partial charge in [-0.15, -0.1) is 0 Å². The van der Waals surface area contributed by atoms with Crippen molar-refractivity contribution >= 4 is 17.7 Å². The Balaban J connectivity index is 1.86. The number of Topliss-reactive ketones (excluding diaryl/α,β-unsaturated/α-hetero) is 1. The van der Waals surface area contributed by atoms with Crippen LogP contribution in [0.1, 0.15) is 49.4 Å². The van der Waals surface area contributed by atoms with Crippen LogP contribution in [0.25, 0.3) is 0 Å². The van der Waals surface area contributed by atoms with Crippen LogP contribution in [-0.4, -0.2) is 35.9 Å². The number of carbonyl (C=O) groups excluding carboxylic acids is 2. The number of nitrogens with one attached hydrogen (secondary N) is 1. The van der Waals surface area contributed by atoms with Gasteiger partial charge in [-0.2, -0.15) is 0 Å². The van der Waals surface area contributed by atoms with Crippen LogP contribution in [0.4, 0.5) is 0 Å². The van der Waals surface area contributed by atoms with Gasteiger partial charge in [0.2, 0.25) is 0 Å². The standard InChI is InChI=1S/C18H23NO5/c1-13(20)14-6-5-7-15(10-14)24-11-16(21)19-12-18(17(22)23)8-3-2-4-9-18/h5-7,10H,2-4,8-9,11-12H2,1H3,(H,19,21)(H,22,23). The molecule has 1 saturated carbocycles. The number of carboxylic acids is 1. The number of benzene rings is 1. The molecule has 2 rings (SSSR count). The predicted molar refractivity (Wildman–Crippen MR) is 88.1 cm³/mol. The highest BCUT2D eigenvalue weighted by atomic mass is 16.5. The molecule has 1 aliphatic rings. The highest BCUT2D eigenvalue weighted by molar-refractivity contribution is 5.94. The lowest BCUT2D eigenvalue weighted by atomic mass is 9.74. The van der Waals surface area contributed by atoms with Crippen molar-refractivity contribution in [3.63, 3.8) is 0 Å². The van der Waals surface area contributed by atoms with Gasteiger partial charge in [-0.05, 0) is 31.9 Å². The topological polar surface area (TPSA) is 92.7 Å². The number of hydrogen-bond acceptors (Lipinski definition) is 4. The number of carbonyl (C=O) groups is 3. The van der Waals surface area contributed by atoms with Crippen LogP contribution in [0.3, 0.4) is 0 Å². The summed E-state index contributed by atoms with van der Waals surface area (Å²) in [7, 11) is 0. The summed E-state index contributed by atoms with van der Waals surface area (Å²) in [6.07, 6.45) is 3.96. The van der Waals surface area contributed by atoms with Gasteiger partial charge in [-0.3, -0.25) is 14.4 Å². The van der Waals surface area contributed by atoms with E-state index in [-0.39, 0.29) is 24.8 Å². The lowest BCUT2D eigenvalue weighted by Gasteiger charge is -2.33. The Morgan fingerprint density at radius 2 is 1.92 bits per heavy atom. The molecule has 24 heavy (non-hydrogen) atoms. The van der Waals surface area contributed by atoms with Crippen LogP contribution < -0.4 is 10.1 Å². The molecule has 6 heteroatoms. The summed E-state index contributed by atoms with van der Waals surface area (Å²) in [5.41, 5.74) is -0.345. The smallest absolute Gasteiger partial charge is 0.311 e. The maximum absolute atomic E-state index is 11.9. The van der Waals surface area contributed by atoms with E-state index in [4.69, 9.17) is 4.74 Å². The van der Waals surface area contributed by atoms with Crippen LogP contribution in [0.15, 0.2) is 24.3 Å². The number of carboxylic acid groups (broad SMARTS) is 1. The quantitative estimate of drug-likeness (QED) is 0.748. The Labute approximate surface area is 141 Å². The summed E-state index contributed by atoms with van der Waals surface area (Å²) in [6, 6.07) is 6.61. The average Bonchev–Trinajstić information content (AvgIpc) is 2.59. The molecule has 0 bridgehead atoms. The Morgan fingerprint density at radius 3 is 2.54 bits per heavy atom. The van der Waals surface area contributed by atoms with Crippen LogP contribution in [0.5, 0.6) is 5.75 Å². The van der Waals surface area contributed by atoms with Gasteiger partial charge in [-0.25, -0.2) is 0 Å². The minimum atomic E-state index is -0.859. The van der Waals surface area contributed by atoms with Crippen molar-refractivity contribution in [2.75, 3.05) is 13.2 Å². The first-order chi connectivity index (χ1) is 11.4. The monoisotopic (exact) mass is 333 g/mol. The number of ether oxygens (including phenoxy) is 1. The van der Waals surface area contributed by atoms with Gasteiger partial charge in [-0.1, -0.05) is 31.4 Å². The molecule has 1 aliphatic carbocycles. The zero-order valence-corrected chi connectivity index (χ0v) is 13.8. The average molecular weight is 333 g/mol. The minimum Gasteiger partial charge on any atom is -0.484 e. The number of ketones is 1. The summed E-state index contributed by atoms with van der Waals surface area (Å²) in [5.74, 6) is -0.860. The molecule has 2 N–H and O–H groups in total. The first kappa shape index (κ1) is 18.0. The fourth-order valence-corrected chi connectivity index (χ4v) is 2.97.